The van der Waals surface area contributed by atoms with Crippen LogP contribution in [-0.2, 0) is 6.54 Å². The molecule has 0 aliphatic rings. The van der Waals surface area contributed by atoms with Gasteiger partial charge in [0.2, 0.25) is 0 Å². The first kappa shape index (κ1) is 15.7. The van der Waals surface area contributed by atoms with Crippen molar-refractivity contribution in [3.63, 3.8) is 0 Å². The van der Waals surface area contributed by atoms with Crippen LogP contribution in [-0.4, -0.2) is 26.7 Å². The molecule has 0 saturated heterocycles. The predicted octanol–water partition coefficient (Wildman–Crippen LogP) is 4.00. The number of aryl methyl sites for hydroxylation is 1. The molecule has 3 rings (SSSR count). The average Bonchev–Trinajstić information content (AvgIpc) is 3.15. The van der Waals surface area contributed by atoms with E-state index in [0.29, 0.717) is 18.2 Å². The van der Waals surface area contributed by atoms with E-state index in [9.17, 15) is 4.79 Å². The van der Waals surface area contributed by atoms with Gasteiger partial charge < -0.3 is 9.30 Å². The topological polar surface area (TPSA) is 37.6 Å². The van der Waals surface area contributed by atoms with Crippen LogP contribution >= 0.6 is 11.3 Å². The summed E-state index contributed by atoms with van der Waals surface area (Å²) in [6, 6.07) is 7.97. The smallest absolute Gasteiger partial charge is 0.274 e. The molecule has 4 nitrogen and oxygen atoms in total. The molecule has 120 valence electrons. The van der Waals surface area contributed by atoms with E-state index in [1.165, 1.54) is 5.56 Å². The number of aromatic nitrogens is 2. The summed E-state index contributed by atoms with van der Waals surface area (Å²) >= 11 is 1.66. The molecule has 0 atom stereocenters. The van der Waals surface area contributed by atoms with E-state index >= 15 is 0 Å². The largest absolute Gasteiger partial charge is 0.333 e. The molecule has 0 aliphatic heterocycles. The van der Waals surface area contributed by atoms with Gasteiger partial charge in [0.05, 0.1) is 0 Å². The SMILES string of the molecule is Cc1cccc2nc(C(=O)N(Cc3ccsc3)CC(C)C)cn12. The number of hydrogen-bond donors (Lipinski definition) is 0. The highest BCUT2D eigenvalue weighted by molar-refractivity contribution is 7.07. The molecule has 3 aromatic heterocycles. The normalized spacial score (nSPS) is 11.3. The zero-order chi connectivity index (χ0) is 16.4. The van der Waals surface area contributed by atoms with Gasteiger partial charge in [0.1, 0.15) is 11.3 Å². The second kappa shape index (κ2) is 6.54. The summed E-state index contributed by atoms with van der Waals surface area (Å²) in [7, 11) is 0. The minimum Gasteiger partial charge on any atom is -0.333 e. The Labute approximate surface area is 140 Å². The Morgan fingerprint density at radius 1 is 1.35 bits per heavy atom. The molecule has 0 fully saturated rings. The zero-order valence-electron chi connectivity index (χ0n) is 13.7. The molecule has 1 amide bonds. The molecule has 0 N–H and O–H groups in total. The summed E-state index contributed by atoms with van der Waals surface area (Å²) in [6.45, 7) is 7.62. The zero-order valence-corrected chi connectivity index (χ0v) is 14.5. The number of pyridine rings is 1. The molecule has 0 bridgehead atoms. The highest BCUT2D eigenvalue weighted by atomic mass is 32.1. The molecule has 0 spiro atoms. The van der Waals surface area contributed by atoms with Crippen LogP contribution in [0.25, 0.3) is 5.65 Å². The predicted molar refractivity (Wildman–Crippen MR) is 93.8 cm³/mol. The number of hydrogen-bond acceptors (Lipinski definition) is 3. The van der Waals surface area contributed by atoms with Crippen molar-refractivity contribution in [3.8, 4) is 0 Å². The number of imidazole rings is 1. The van der Waals surface area contributed by atoms with Crippen molar-refractivity contribution in [2.45, 2.75) is 27.3 Å². The average molecular weight is 327 g/mol. The van der Waals surface area contributed by atoms with E-state index in [1.807, 2.05) is 46.0 Å². The summed E-state index contributed by atoms with van der Waals surface area (Å²) in [4.78, 5) is 19.3. The van der Waals surface area contributed by atoms with Crippen LogP contribution in [0.2, 0.25) is 0 Å². The van der Waals surface area contributed by atoms with E-state index in [-0.39, 0.29) is 5.91 Å². The first-order valence-corrected chi connectivity index (χ1v) is 8.74. The highest BCUT2D eigenvalue weighted by Gasteiger charge is 2.20. The molecule has 0 unspecified atom stereocenters. The number of nitrogens with zero attached hydrogens (tertiary/aromatic N) is 3. The van der Waals surface area contributed by atoms with Crippen LogP contribution in [0.15, 0.2) is 41.2 Å². The Hall–Kier alpha value is -2.14. The highest BCUT2D eigenvalue weighted by Crippen LogP contribution is 2.15. The molecule has 3 heterocycles. The lowest BCUT2D eigenvalue weighted by Gasteiger charge is -2.23. The molecule has 0 saturated carbocycles. The van der Waals surface area contributed by atoms with Gasteiger partial charge in [0.15, 0.2) is 0 Å². The van der Waals surface area contributed by atoms with Crippen molar-refractivity contribution in [2.75, 3.05) is 6.54 Å². The maximum absolute atomic E-state index is 12.9. The van der Waals surface area contributed by atoms with Crippen molar-refractivity contribution < 1.29 is 4.79 Å². The molecule has 0 aliphatic carbocycles. The third-order valence-corrected chi connectivity index (χ3v) is 4.47. The Bertz CT molecular complexity index is 805. The maximum Gasteiger partial charge on any atom is 0.274 e. The van der Waals surface area contributed by atoms with Crippen LogP contribution in [0.5, 0.6) is 0 Å². The van der Waals surface area contributed by atoms with Crippen molar-refractivity contribution in [1.29, 1.82) is 0 Å². The third-order valence-electron chi connectivity index (χ3n) is 3.74. The van der Waals surface area contributed by atoms with E-state index in [2.05, 4.69) is 30.3 Å². The lowest BCUT2D eigenvalue weighted by molar-refractivity contribution is 0.0717. The quantitative estimate of drug-likeness (QED) is 0.710. The van der Waals surface area contributed by atoms with Gasteiger partial charge >= 0.3 is 0 Å². The minimum atomic E-state index is -0.00648. The third kappa shape index (κ3) is 3.45. The Morgan fingerprint density at radius 3 is 2.83 bits per heavy atom. The Morgan fingerprint density at radius 2 is 2.17 bits per heavy atom. The fourth-order valence-corrected chi connectivity index (χ4v) is 3.34. The number of amides is 1. The van der Waals surface area contributed by atoms with E-state index < -0.39 is 0 Å². The van der Waals surface area contributed by atoms with Crippen molar-refractivity contribution >= 4 is 22.9 Å². The summed E-state index contributed by atoms with van der Waals surface area (Å²) in [5, 5.41) is 4.13. The van der Waals surface area contributed by atoms with Gasteiger partial charge in [-0.15, -0.1) is 0 Å². The van der Waals surface area contributed by atoms with Crippen molar-refractivity contribution in [1.82, 2.24) is 14.3 Å². The molecular weight excluding hydrogens is 306 g/mol. The monoisotopic (exact) mass is 327 g/mol. The van der Waals surface area contributed by atoms with Crippen LogP contribution in [0.3, 0.4) is 0 Å². The maximum atomic E-state index is 12.9. The van der Waals surface area contributed by atoms with Crippen LogP contribution in [0.4, 0.5) is 0 Å². The van der Waals surface area contributed by atoms with Crippen LogP contribution in [0, 0.1) is 12.8 Å². The van der Waals surface area contributed by atoms with E-state index in [0.717, 1.165) is 17.9 Å². The number of thiophene rings is 1. The second-order valence-electron chi connectivity index (χ2n) is 6.23. The lowest BCUT2D eigenvalue weighted by Crippen LogP contribution is -2.33. The fourth-order valence-electron chi connectivity index (χ4n) is 2.68. The molecule has 5 heteroatoms. The second-order valence-corrected chi connectivity index (χ2v) is 7.01. The van der Waals surface area contributed by atoms with E-state index in [4.69, 9.17) is 0 Å². The summed E-state index contributed by atoms with van der Waals surface area (Å²) in [6.07, 6.45) is 1.84. The number of carbonyl (C=O) groups is 1. The molecule has 23 heavy (non-hydrogen) atoms. The van der Waals surface area contributed by atoms with Gasteiger partial charge in [-0.1, -0.05) is 19.9 Å². The number of rotatable bonds is 5. The van der Waals surface area contributed by atoms with Gasteiger partial charge in [-0.3, -0.25) is 4.79 Å². The molecule has 0 radical (unpaired) electrons. The van der Waals surface area contributed by atoms with Crippen molar-refractivity contribution in [3.05, 3.63) is 58.2 Å². The van der Waals surface area contributed by atoms with Gasteiger partial charge in [-0.25, -0.2) is 4.98 Å². The lowest BCUT2D eigenvalue weighted by atomic mass is 10.2. The van der Waals surface area contributed by atoms with E-state index in [1.54, 1.807) is 11.3 Å². The van der Waals surface area contributed by atoms with Gasteiger partial charge in [0.25, 0.3) is 5.91 Å². The van der Waals surface area contributed by atoms with Crippen LogP contribution < -0.4 is 0 Å². The molecular formula is C18H21N3OS. The van der Waals surface area contributed by atoms with Gasteiger partial charge in [-0.2, -0.15) is 11.3 Å². The standard InChI is InChI=1S/C18H21N3OS/c1-13(2)9-20(10-15-7-8-23-12-15)18(22)16-11-21-14(3)5-4-6-17(21)19-16/h4-8,11-13H,9-10H2,1-3H3. The summed E-state index contributed by atoms with van der Waals surface area (Å²) in [5.74, 6) is 0.407. The number of carbonyl (C=O) groups excluding carboxylic acids is 1. The molecule has 3 aromatic rings. The first-order valence-electron chi connectivity index (χ1n) is 7.79. The molecule has 0 aromatic carbocycles. The first-order chi connectivity index (χ1) is 11.0. The summed E-state index contributed by atoms with van der Waals surface area (Å²) < 4.78 is 1.96. The van der Waals surface area contributed by atoms with Gasteiger partial charge in [0, 0.05) is 25.0 Å². The minimum absolute atomic E-state index is 0.00648. The summed E-state index contributed by atoms with van der Waals surface area (Å²) in [5.41, 5.74) is 3.56. The van der Waals surface area contributed by atoms with Gasteiger partial charge in [-0.05, 0) is 47.4 Å². The Kier molecular flexibility index (Phi) is 4.48. The fraction of sp³-hybridized carbons (Fsp3) is 0.333. The van der Waals surface area contributed by atoms with Crippen LogP contribution in [0.1, 0.15) is 35.6 Å². The number of fused-ring (bicyclic) bond motifs is 1. The van der Waals surface area contributed by atoms with Crippen molar-refractivity contribution in [2.24, 2.45) is 5.92 Å². The Balaban J connectivity index is 1.90.